The number of aromatic nitrogens is 1. The summed E-state index contributed by atoms with van der Waals surface area (Å²) in [6, 6.07) is 2.24. The number of carboxylic acids is 2. The highest BCUT2D eigenvalue weighted by atomic mass is 16.4. The molecule has 2 rings (SSSR count). The van der Waals surface area contributed by atoms with Crippen LogP contribution in [0.15, 0.2) is 12.3 Å². The van der Waals surface area contributed by atoms with Gasteiger partial charge in [-0.2, -0.15) is 0 Å². The molecule has 1 aromatic heterocycles. The predicted molar refractivity (Wildman–Crippen MR) is 61.0 cm³/mol. The van der Waals surface area contributed by atoms with Crippen LogP contribution in [-0.4, -0.2) is 39.8 Å². The Hall–Kier alpha value is -1.82. The molecule has 1 aliphatic heterocycles. The van der Waals surface area contributed by atoms with Gasteiger partial charge >= 0.3 is 11.9 Å². The summed E-state index contributed by atoms with van der Waals surface area (Å²) in [4.78, 5) is 18.2. The summed E-state index contributed by atoms with van der Waals surface area (Å²) in [5, 5.41) is 18.2. The molecule has 0 bridgehead atoms. The maximum absolute atomic E-state index is 9.10. The van der Waals surface area contributed by atoms with Crippen LogP contribution in [0.5, 0.6) is 0 Å². The van der Waals surface area contributed by atoms with Gasteiger partial charge in [-0.05, 0) is 24.6 Å². The third-order valence-corrected chi connectivity index (χ3v) is 2.59. The highest BCUT2D eigenvalue weighted by Crippen LogP contribution is 2.12. The molecule has 0 radical (unpaired) electrons. The van der Waals surface area contributed by atoms with Crippen LogP contribution in [0.3, 0.4) is 0 Å². The molecule has 6 nitrogen and oxygen atoms in total. The number of rotatable bonds is 0. The number of fused-ring (bicyclic) bond motifs is 1. The van der Waals surface area contributed by atoms with Gasteiger partial charge in [0.1, 0.15) is 0 Å². The Bertz CT molecular complexity index is 400. The van der Waals surface area contributed by atoms with Crippen molar-refractivity contribution in [3.63, 3.8) is 0 Å². The largest absolute Gasteiger partial charge is 0.473 e. The first kappa shape index (κ1) is 13.2. The topological polar surface area (TPSA) is 91.6 Å². The van der Waals surface area contributed by atoms with Gasteiger partial charge in [-0.3, -0.25) is 0 Å². The lowest BCUT2D eigenvalue weighted by molar-refractivity contribution is -0.159. The third kappa shape index (κ3) is 3.92. The van der Waals surface area contributed by atoms with E-state index in [0.29, 0.717) is 0 Å². The minimum atomic E-state index is -1.82. The maximum atomic E-state index is 9.10. The van der Waals surface area contributed by atoms with Crippen molar-refractivity contribution in [2.45, 2.75) is 12.8 Å². The zero-order valence-electron chi connectivity index (χ0n) is 9.64. The highest BCUT2D eigenvalue weighted by Gasteiger charge is 2.09. The molecule has 6 heteroatoms. The number of carbonyl (C=O) groups is 2. The molecular weight excluding hydrogens is 224 g/mol. The Morgan fingerprint density at radius 2 is 1.82 bits per heavy atom. The monoisotopic (exact) mass is 240 g/mol. The second-order valence-electron chi connectivity index (χ2n) is 3.76. The molecule has 17 heavy (non-hydrogen) atoms. The van der Waals surface area contributed by atoms with E-state index in [1.54, 1.807) is 0 Å². The number of carboxylic acid groups (broad SMARTS) is 2. The Kier molecular flexibility index (Phi) is 4.71. The molecular formula is C11H16N2O4. The van der Waals surface area contributed by atoms with E-state index in [1.165, 1.54) is 24.1 Å². The quantitative estimate of drug-likeness (QED) is 0.549. The summed E-state index contributed by atoms with van der Waals surface area (Å²) in [5.74, 6) is -3.65. The fourth-order valence-corrected chi connectivity index (χ4v) is 1.73. The molecule has 1 aromatic rings. The van der Waals surface area contributed by atoms with E-state index in [-0.39, 0.29) is 0 Å². The summed E-state index contributed by atoms with van der Waals surface area (Å²) < 4.78 is 2.24. The smallest absolute Gasteiger partial charge is 0.414 e. The lowest BCUT2D eigenvalue weighted by atomic mass is 10.1. The van der Waals surface area contributed by atoms with Crippen LogP contribution < -0.4 is 5.32 Å². The molecule has 0 aromatic carbocycles. The summed E-state index contributed by atoms with van der Waals surface area (Å²) in [7, 11) is 2.13. The van der Waals surface area contributed by atoms with Crippen LogP contribution in [0.2, 0.25) is 0 Å². The normalized spacial score (nSPS) is 13.9. The minimum absolute atomic E-state index is 1.13. The molecule has 3 N–H and O–H groups in total. The molecule has 0 aliphatic carbocycles. The van der Waals surface area contributed by atoms with Crippen LogP contribution in [0.4, 0.5) is 0 Å². The Morgan fingerprint density at radius 1 is 1.24 bits per heavy atom. The lowest BCUT2D eigenvalue weighted by Gasteiger charge is -2.01. The average Bonchev–Trinajstić information content (AvgIpc) is 2.52. The van der Waals surface area contributed by atoms with Gasteiger partial charge in [0.25, 0.3) is 0 Å². The van der Waals surface area contributed by atoms with E-state index < -0.39 is 11.9 Å². The fourth-order valence-electron chi connectivity index (χ4n) is 1.73. The Balaban J connectivity index is 0.000000209. The molecule has 2 heterocycles. The molecule has 0 saturated carbocycles. The van der Waals surface area contributed by atoms with Crippen molar-refractivity contribution in [1.29, 1.82) is 0 Å². The third-order valence-electron chi connectivity index (χ3n) is 2.59. The van der Waals surface area contributed by atoms with Gasteiger partial charge in [-0.15, -0.1) is 0 Å². The second kappa shape index (κ2) is 6.05. The van der Waals surface area contributed by atoms with Crippen molar-refractivity contribution in [3.8, 4) is 0 Å². The first-order valence-corrected chi connectivity index (χ1v) is 5.32. The first-order valence-electron chi connectivity index (χ1n) is 5.32. The number of nitrogens with zero attached hydrogens (tertiary/aromatic N) is 1. The Morgan fingerprint density at radius 3 is 2.41 bits per heavy atom. The van der Waals surface area contributed by atoms with Gasteiger partial charge < -0.3 is 20.1 Å². The Labute approximate surface area is 98.9 Å². The van der Waals surface area contributed by atoms with Gasteiger partial charge in [0.15, 0.2) is 0 Å². The molecule has 1 aliphatic rings. The number of hydrogen-bond acceptors (Lipinski definition) is 3. The molecule has 0 saturated heterocycles. The van der Waals surface area contributed by atoms with Crippen molar-refractivity contribution in [3.05, 3.63) is 23.5 Å². The van der Waals surface area contributed by atoms with E-state index in [0.717, 1.165) is 13.1 Å². The van der Waals surface area contributed by atoms with Crippen LogP contribution in [0.25, 0.3) is 0 Å². The SMILES string of the molecule is Cn1ccc2c1CCNCC2.O=C(O)C(=O)O. The van der Waals surface area contributed by atoms with E-state index in [1.807, 2.05) is 0 Å². The summed E-state index contributed by atoms with van der Waals surface area (Å²) in [6.45, 7) is 2.27. The number of aliphatic carboxylic acids is 2. The summed E-state index contributed by atoms with van der Waals surface area (Å²) in [6.07, 6.45) is 4.53. The van der Waals surface area contributed by atoms with E-state index >= 15 is 0 Å². The van der Waals surface area contributed by atoms with E-state index in [2.05, 4.69) is 29.2 Å². The van der Waals surface area contributed by atoms with Crippen LogP contribution >= 0.6 is 0 Å². The van der Waals surface area contributed by atoms with Crippen molar-refractivity contribution >= 4 is 11.9 Å². The van der Waals surface area contributed by atoms with E-state index in [9.17, 15) is 0 Å². The summed E-state index contributed by atoms with van der Waals surface area (Å²) in [5.41, 5.74) is 3.03. The number of nitrogens with one attached hydrogen (secondary N) is 1. The zero-order chi connectivity index (χ0) is 12.8. The number of hydrogen-bond donors (Lipinski definition) is 3. The second-order valence-corrected chi connectivity index (χ2v) is 3.76. The van der Waals surface area contributed by atoms with Gasteiger partial charge in [-0.1, -0.05) is 0 Å². The zero-order valence-corrected chi connectivity index (χ0v) is 9.64. The van der Waals surface area contributed by atoms with E-state index in [4.69, 9.17) is 19.8 Å². The van der Waals surface area contributed by atoms with Crippen molar-refractivity contribution < 1.29 is 19.8 Å². The lowest BCUT2D eigenvalue weighted by Crippen LogP contribution is -2.16. The van der Waals surface area contributed by atoms with Gasteiger partial charge in [-0.25, -0.2) is 9.59 Å². The average molecular weight is 240 g/mol. The first-order chi connectivity index (χ1) is 8.02. The molecule has 0 fully saturated rings. The highest BCUT2D eigenvalue weighted by molar-refractivity contribution is 6.27. The number of aryl methyl sites for hydroxylation is 1. The van der Waals surface area contributed by atoms with Gasteiger partial charge in [0.2, 0.25) is 0 Å². The molecule has 0 amide bonds. The van der Waals surface area contributed by atoms with Crippen LogP contribution in [-0.2, 0) is 29.5 Å². The standard InChI is InChI=1S/C9H14N2.C2H2O4/c1-11-7-4-8-2-5-10-6-3-9(8)11;3-1(4)2(5)6/h4,7,10H,2-3,5-6H2,1H3;(H,3,4)(H,5,6). The summed E-state index contributed by atoms with van der Waals surface area (Å²) >= 11 is 0. The molecule has 0 unspecified atom stereocenters. The van der Waals surface area contributed by atoms with Gasteiger partial charge in [0, 0.05) is 31.9 Å². The predicted octanol–water partition coefficient (Wildman–Crippen LogP) is -0.131. The van der Waals surface area contributed by atoms with Crippen molar-refractivity contribution in [1.82, 2.24) is 9.88 Å². The maximum Gasteiger partial charge on any atom is 0.414 e. The van der Waals surface area contributed by atoms with Crippen molar-refractivity contribution in [2.24, 2.45) is 7.05 Å². The van der Waals surface area contributed by atoms with Crippen LogP contribution in [0, 0.1) is 0 Å². The minimum Gasteiger partial charge on any atom is -0.473 e. The van der Waals surface area contributed by atoms with Crippen molar-refractivity contribution in [2.75, 3.05) is 13.1 Å². The fraction of sp³-hybridized carbons (Fsp3) is 0.455. The van der Waals surface area contributed by atoms with Crippen LogP contribution in [0.1, 0.15) is 11.3 Å². The molecule has 94 valence electrons. The van der Waals surface area contributed by atoms with Gasteiger partial charge in [0.05, 0.1) is 0 Å². The molecule has 0 spiro atoms. The molecule has 0 atom stereocenters.